The van der Waals surface area contributed by atoms with E-state index in [1.807, 2.05) is 24.3 Å². The van der Waals surface area contributed by atoms with Crippen LogP contribution in [0.5, 0.6) is 0 Å². The maximum absolute atomic E-state index is 12.6. The van der Waals surface area contributed by atoms with E-state index in [1.165, 1.54) is 18.4 Å². The second-order valence-electron chi connectivity index (χ2n) is 4.94. The SMILES string of the molecule is CS1(=O)=NC(C2=CCCCC2)=Cc2ccccc21. The molecule has 1 aliphatic carbocycles. The molecule has 1 aromatic rings. The van der Waals surface area contributed by atoms with Crippen LogP contribution in [0.3, 0.4) is 0 Å². The summed E-state index contributed by atoms with van der Waals surface area (Å²) in [5, 5.41) is 0. The van der Waals surface area contributed by atoms with Gasteiger partial charge in [0.2, 0.25) is 0 Å². The Hall–Kier alpha value is -1.35. The van der Waals surface area contributed by atoms with Gasteiger partial charge in [0.1, 0.15) is 0 Å². The Labute approximate surface area is 109 Å². The summed E-state index contributed by atoms with van der Waals surface area (Å²) in [6.07, 6.45) is 10.7. The van der Waals surface area contributed by atoms with Gasteiger partial charge in [0.05, 0.1) is 20.3 Å². The van der Waals surface area contributed by atoms with Crippen LogP contribution in [-0.2, 0) is 9.73 Å². The number of hydrogen-bond acceptors (Lipinski definition) is 2. The predicted octanol–water partition coefficient (Wildman–Crippen LogP) is 4.00. The molecule has 0 amide bonds. The summed E-state index contributed by atoms with van der Waals surface area (Å²) >= 11 is 0. The van der Waals surface area contributed by atoms with Crippen LogP contribution in [-0.4, -0.2) is 10.5 Å². The van der Waals surface area contributed by atoms with Crippen molar-refractivity contribution in [3.63, 3.8) is 0 Å². The van der Waals surface area contributed by atoms with E-state index in [2.05, 4.69) is 16.5 Å². The Morgan fingerprint density at radius 3 is 2.83 bits per heavy atom. The summed E-state index contributed by atoms with van der Waals surface area (Å²) in [6.45, 7) is 0. The minimum Gasteiger partial charge on any atom is -0.245 e. The summed E-state index contributed by atoms with van der Waals surface area (Å²) in [5.74, 6) is 0. The highest BCUT2D eigenvalue weighted by Crippen LogP contribution is 2.33. The van der Waals surface area contributed by atoms with Gasteiger partial charge in [0.25, 0.3) is 0 Å². The molecule has 0 radical (unpaired) electrons. The normalized spacial score (nSPS) is 26.7. The number of benzene rings is 1. The zero-order valence-electron chi connectivity index (χ0n) is 10.6. The Kier molecular flexibility index (Phi) is 2.86. The summed E-state index contributed by atoms with van der Waals surface area (Å²) in [7, 11) is -2.27. The lowest BCUT2D eigenvalue weighted by Crippen LogP contribution is -2.07. The fraction of sp³-hybridized carbons (Fsp3) is 0.333. The first-order chi connectivity index (χ1) is 8.67. The van der Waals surface area contributed by atoms with Gasteiger partial charge in [0, 0.05) is 6.26 Å². The van der Waals surface area contributed by atoms with Crippen molar-refractivity contribution in [2.45, 2.75) is 30.6 Å². The predicted molar refractivity (Wildman–Crippen MR) is 75.7 cm³/mol. The smallest absolute Gasteiger partial charge is 0.0777 e. The molecule has 0 fully saturated rings. The third-order valence-electron chi connectivity index (χ3n) is 3.51. The zero-order valence-corrected chi connectivity index (χ0v) is 11.4. The molecule has 3 heteroatoms. The average Bonchev–Trinajstić information content (AvgIpc) is 2.39. The molecule has 0 saturated heterocycles. The Bertz CT molecular complexity index is 661. The highest BCUT2D eigenvalue weighted by molar-refractivity contribution is 7.93. The van der Waals surface area contributed by atoms with Crippen LogP contribution in [0.25, 0.3) is 6.08 Å². The van der Waals surface area contributed by atoms with Crippen LogP contribution in [0, 0.1) is 0 Å². The van der Waals surface area contributed by atoms with Crippen molar-refractivity contribution in [1.29, 1.82) is 0 Å². The van der Waals surface area contributed by atoms with Gasteiger partial charge in [-0.3, -0.25) is 0 Å². The molecule has 2 nitrogen and oxygen atoms in total. The van der Waals surface area contributed by atoms with Gasteiger partial charge in [0.15, 0.2) is 0 Å². The summed E-state index contributed by atoms with van der Waals surface area (Å²) < 4.78 is 17.1. The quantitative estimate of drug-likeness (QED) is 0.749. The molecule has 0 N–H and O–H groups in total. The fourth-order valence-electron chi connectivity index (χ4n) is 2.58. The summed E-state index contributed by atoms with van der Waals surface area (Å²) in [6, 6.07) is 7.86. The van der Waals surface area contributed by atoms with Crippen molar-refractivity contribution < 1.29 is 4.21 Å². The van der Waals surface area contributed by atoms with E-state index in [1.54, 1.807) is 6.26 Å². The molecule has 1 aromatic carbocycles. The number of fused-ring (bicyclic) bond motifs is 1. The molecule has 1 heterocycles. The minimum atomic E-state index is -2.27. The second kappa shape index (κ2) is 4.39. The molecule has 2 aliphatic rings. The molecule has 1 atom stereocenters. The van der Waals surface area contributed by atoms with Crippen molar-refractivity contribution in [3.05, 3.63) is 47.2 Å². The molecule has 1 unspecified atom stereocenters. The fourth-order valence-corrected chi connectivity index (χ4v) is 4.12. The Balaban J connectivity index is 2.15. The van der Waals surface area contributed by atoms with Crippen LogP contribution < -0.4 is 0 Å². The van der Waals surface area contributed by atoms with E-state index in [9.17, 15) is 4.21 Å². The van der Waals surface area contributed by atoms with Crippen molar-refractivity contribution in [3.8, 4) is 0 Å². The highest BCUT2D eigenvalue weighted by atomic mass is 32.2. The zero-order chi connectivity index (χ0) is 12.6. The molecule has 0 bridgehead atoms. The molecule has 94 valence electrons. The van der Waals surface area contributed by atoms with E-state index in [0.29, 0.717) is 0 Å². The van der Waals surface area contributed by atoms with Gasteiger partial charge < -0.3 is 0 Å². The van der Waals surface area contributed by atoms with Crippen LogP contribution in [0.4, 0.5) is 0 Å². The van der Waals surface area contributed by atoms with E-state index >= 15 is 0 Å². The van der Waals surface area contributed by atoms with Crippen LogP contribution in [0.2, 0.25) is 0 Å². The number of nitrogens with zero attached hydrogens (tertiary/aromatic N) is 1. The molecule has 0 saturated carbocycles. The maximum atomic E-state index is 12.6. The minimum absolute atomic E-state index is 0.866. The first-order valence-electron chi connectivity index (χ1n) is 6.39. The lowest BCUT2D eigenvalue weighted by molar-refractivity contribution is 0.678. The van der Waals surface area contributed by atoms with Gasteiger partial charge in [-0.2, -0.15) is 4.36 Å². The first kappa shape index (κ1) is 11.7. The Morgan fingerprint density at radius 2 is 2.06 bits per heavy atom. The lowest BCUT2D eigenvalue weighted by atomic mass is 9.96. The molecular weight excluding hydrogens is 242 g/mol. The van der Waals surface area contributed by atoms with Crippen LogP contribution in [0.1, 0.15) is 31.2 Å². The highest BCUT2D eigenvalue weighted by Gasteiger charge is 2.19. The molecule has 0 spiro atoms. The van der Waals surface area contributed by atoms with Crippen LogP contribution in [0.15, 0.2) is 50.9 Å². The molecule has 0 aromatic heterocycles. The van der Waals surface area contributed by atoms with E-state index in [0.717, 1.165) is 29.0 Å². The van der Waals surface area contributed by atoms with E-state index in [4.69, 9.17) is 0 Å². The van der Waals surface area contributed by atoms with Crippen molar-refractivity contribution in [1.82, 2.24) is 0 Å². The maximum Gasteiger partial charge on any atom is 0.0777 e. The van der Waals surface area contributed by atoms with Gasteiger partial charge in [-0.25, -0.2) is 4.21 Å². The Morgan fingerprint density at radius 1 is 1.22 bits per heavy atom. The van der Waals surface area contributed by atoms with Gasteiger partial charge >= 0.3 is 0 Å². The van der Waals surface area contributed by atoms with Crippen molar-refractivity contribution >= 4 is 15.8 Å². The molecule has 1 aliphatic heterocycles. The third kappa shape index (κ3) is 2.03. The number of allylic oxidation sites excluding steroid dienone is 2. The van der Waals surface area contributed by atoms with Crippen molar-refractivity contribution in [2.24, 2.45) is 4.36 Å². The van der Waals surface area contributed by atoms with Gasteiger partial charge in [-0.15, -0.1) is 0 Å². The monoisotopic (exact) mass is 259 g/mol. The van der Waals surface area contributed by atoms with Gasteiger partial charge in [-0.05, 0) is 49.0 Å². The standard InChI is InChI=1S/C15H17NOS/c1-18(17)15-10-6-5-9-13(15)11-14(16-18)12-7-3-2-4-8-12/h5-7,9-11H,2-4,8H2,1H3. The van der Waals surface area contributed by atoms with E-state index in [-0.39, 0.29) is 0 Å². The van der Waals surface area contributed by atoms with E-state index < -0.39 is 9.73 Å². The summed E-state index contributed by atoms with van der Waals surface area (Å²) in [5.41, 5.74) is 3.26. The molecule has 3 rings (SSSR count). The largest absolute Gasteiger partial charge is 0.245 e. The first-order valence-corrected chi connectivity index (χ1v) is 8.31. The molecular formula is C15H17NOS. The number of rotatable bonds is 1. The van der Waals surface area contributed by atoms with Gasteiger partial charge in [-0.1, -0.05) is 24.3 Å². The number of hydrogen-bond donors (Lipinski definition) is 0. The van der Waals surface area contributed by atoms with Crippen LogP contribution >= 0.6 is 0 Å². The average molecular weight is 259 g/mol. The molecule has 18 heavy (non-hydrogen) atoms. The second-order valence-corrected chi connectivity index (χ2v) is 7.16. The topological polar surface area (TPSA) is 29.4 Å². The van der Waals surface area contributed by atoms with Crippen molar-refractivity contribution in [2.75, 3.05) is 6.26 Å². The summed E-state index contributed by atoms with van der Waals surface area (Å²) in [4.78, 5) is 0.866. The third-order valence-corrected chi connectivity index (χ3v) is 5.24. The lowest BCUT2D eigenvalue weighted by Gasteiger charge is -2.19.